The molecule has 0 saturated carbocycles. The van der Waals surface area contributed by atoms with Gasteiger partial charge >= 0.3 is 0 Å². The second-order valence-electron chi connectivity index (χ2n) is 5.67. The molecule has 0 radical (unpaired) electrons. The largest absolute Gasteiger partial charge is 0.326 e. The molecule has 4 heteroatoms. The second-order valence-corrected chi connectivity index (χ2v) is 7.11. The highest BCUT2D eigenvalue weighted by Gasteiger charge is 2.13. The van der Waals surface area contributed by atoms with Gasteiger partial charge in [-0.1, -0.05) is 56.3 Å². The Morgan fingerprint density at radius 2 is 1.80 bits per heavy atom. The van der Waals surface area contributed by atoms with E-state index in [4.69, 9.17) is 17.3 Å². The van der Waals surface area contributed by atoms with Crippen molar-refractivity contribution in [2.75, 3.05) is 0 Å². The summed E-state index contributed by atoms with van der Waals surface area (Å²) in [6.45, 7) is 7.05. The standard InChI is InChI=1S/C16H19ClN2S/c1-16(2,3)12-4-6-13(7-5-12)20-15-14(17)11(10-18)8-9-19-15/h4-9H,10,18H2,1-3H3. The van der Waals surface area contributed by atoms with Crippen molar-refractivity contribution in [1.29, 1.82) is 0 Å². The molecule has 0 aliphatic carbocycles. The molecule has 1 heterocycles. The maximum atomic E-state index is 6.30. The topological polar surface area (TPSA) is 38.9 Å². The molecule has 0 atom stereocenters. The van der Waals surface area contributed by atoms with Crippen molar-refractivity contribution in [1.82, 2.24) is 4.98 Å². The minimum absolute atomic E-state index is 0.165. The van der Waals surface area contributed by atoms with Crippen LogP contribution >= 0.6 is 23.4 Å². The van der Waals surface area contributed by atoms with E-state index in [1.807, 2.05) is 6.07 Å². The summed E-state index contributed by atoms with van der Waals surface area (Å²) in [6, 6.07) is 10.4. The second kappa shape index (κ2) is 6.17. The van der Waals surface area contributed by atoms with Gasteiger partial charge < -0.3 is 5.73 Å². The number of hydrogen-bond acceptors (Lipinski definition) is 3. The van der Waals surface area contributed by atoms with Crippen molar-refractivity contribution in [3.8, 4) is 0 Å². The number of benzene rings is 1. The molecule has 106 valence electrons. The fourth-order valence-electron chi connectivity index (χ4n) is 1.83. The van der Waals surface area contributed by atoms with Crippen LogP contribution < -0.4 is 5.73 Å². The molecule has 0 saturated heterocycles. The van der Waals surface area contributed by atoms with Crippen molar-refractivity contribution in [2.45, 2.75) is 42.7 Å². The Bertz CT molecular complexity index is 588. The van der Waals surface area contributed by atoms with Gasteiger partial charge in [0.05, 0.1) is 5.02 Å². The lowest BCUT2D eigenvalue weighted by atomic mass is 9.87. The van der Waals surface area contributed by atoms with E-state index in [-0.39, 0.29) is 5.41 Å². The maximum absolute atomic E-state index is 6.30. The Hall–Kier alpha value is -1.03. The zero-order valence-corrected chi connectivity index (χ0v) is 13.6. The van der Waals surface area contributed by atoms with Gasteiger partial charge in [0.25, 0.3) is 0 Å². The molecule has 20 heavy (non-hydrogen) atoms. The number of nitrogens with zero attached hydrogens (tertiary/aromatic N) is 1. The summed E-state index contributed by atoms with van der Waals surface area (Å²) in [7, 11) is 0. The van der Waals surface area contributed by atoms with Crippen molar-refractivity contribution >= 4 is 23.4 Å². The third-order valence-corrected chi connectivity index (χ3v) is 4.64. The van der Waals surface area contributed by atoms with Gasteiger partial charge in [-0.3, -0.25) is 0 Å². The monoisotopic (exact) mass is 306 g/mol. The fraction of sp³-hybridized carbons (Fsp3) is 0.312. The lowest BCUT2D eigenvalue weighted by Crippen LogP contribution is -2.10. The number of hydrogen-bond donors (Lipinski definition) is 1. The molecule has 0 bridgehead atoms. The summed E-state index contributed by atoms with van der Waals surface area (Å²) in [5, 5.41) is 1.46. The van der Waals surface area contributed by atoms with Gasteiger partial charge in [-0.2, -0.15) is 0 Å². The van der Waals surface area contributed by atoms with Crippen LogP contribution in [0.3, 0.4) is 0 Å². The molecule has 0 aliphatic heterocycles. The number of nitrogens with two attached hydrogens (primary N) is 1. The van der Waals surface area contributed by atoms with E-state index in [0.29, 0.717) is 11.6 Å². The highest BCUT2D eigenvalue weighted by molar-refractivity contribution is 7.99. The average molecular weight is 307 g/mol. The first-order valence-electron chi connectivity index (χ1n) is 6.53. The zero-order chi connectivity index (χ0) is 14.8. The van der Waals surface area contributed by atoms with Crippen molar-refractivity contribution < 1.29 is 0 Å². The Labute approximate surface area is 129 Å². The lowest BCUT2D eigenvalue weighted by molar-refractivity contribution is 0.590. The molecule has 0 aliphatic rings. The minimum Gasteiger partial charge on any atom is -0.326 e. The Balaban J connectivity index is 2.23. The number of halogens is 1. The van der Waals surface area contributed by atoms with Gasteiger partial charge in [-0.25, -0.2) is 4.98 Å². The summed E-state index contributed by atoms with van der Waals surface area (Å²) in [6.07, 6.45) is 1.75. The van der Waals surface area contributed by atoms with E-state index >= 15 is 0 Å². The van der Waals surface area contributed by atoms with Gasteiger partial charge in [0.15, 0.2) is 0 Å². The lowest BCUT2D eigenvalue weighted by Gasteiger charge is -2.19. The first-order valence-corrected chi connectivity index (χ1v) is 7.73. The predicted octanol–water partition coefficient (Wildman–Crippen LogP) is 4.64. The molecule has 2 N–H and O–H groups in total. The highest BCUT2D eigenvalue weighted by atomic mass is 35.5. The molecule has 2 nitrogen and oxygen atoms in total. The maximum Gasteiger partial charge on any atom is 0.120 e. The third kappa shape index (κ3) is 3.54. The molecule has 2 rings (SSSR count). The van der Waals surface area contributed by atoms with Crippen molar-refractivity contribution in [2.24, 2.45) is 5.73 Å². The van der Waals surface area contributed by atoms with Crippen LogP contribution in [0.2, 0.25) is 5.02 Å². The van der Waals surface area contributed by atoms with E-state index in [1.165, 1.54) is 5.56 Å². The first kappa shape index (κ1) is 15.4. The summed E-state index contributed by atoms with van der Waals surface area (Å²) in [5.41, 5.74) is 8.07. The quantitative estimate of drug-likeness (QED) is 0.897. The summed E-state index contributed by atoms with van der Waals surface area (Å²) >= 11 is 7.86. The summed E-state index contributed by atoms with van der Waals surface area (Å²) < 4.78 is 0. The smallest absolute Gasteiger partial charge is 0.120 e. The van der Waals surface area contributed by atoms with E-state index in [9.17, 15) is 0 Å². The number of aromatic nitrogens is 1. The van der Waals surface area contributed by atoms with Gasteiger partial charge in [0.1, 0.15) is 5.03 Å². The molecule has 0 unspecified atom stereocenters. The summed E-state index contributed by atoms with van der Waals surface area (Å²) in [4.78, 5) is 5.46. The molecule has 2 aromatic rings. The van der Waals surface area contributed by atoms with Crippen LogP contribution in [0.4, 0.5) is 0 Å². The third-order valence-electron chi connectivity index (χ3n) is 3.09. The molecular weight excluding hydrogens is 288 g/mol. The zero-order valence-electron chi connectivity index (χ0n) is 12.0. The van der Waals surface area contributed by atoms with Gasteiger partial charge in [0, 0.05) is 17.6 Å². The van der Waals surface area contributed by atoms with Crippen LogP contribution in [0.15, 0.2) is 46.5 Å². The van der Waals surface area contributed by atoms with E-state index in [2.05, 4.69) is 50.0 Å². The van der Waals surface area contributed by atoms with Crippen LogP contribution in [-0.2, 0) is 12.0 Å². The predicted molar refractivity (Wildman–Crippen MR) is 86.4 cm³/mol. The Kier molecular flexibility index (Phi) is 4.74. The van der Waals surface area contributed by atoms with Crippen LogP contribution in [-0.4, -0.2) is 4.98 Å². The average Bonchev–Trinajstić information content (AvgIpc) is 2.41. The number of pyridine rings is 1. The Morgan fingerprint density at radius 3 is 2.35 bits per heavy atom. The van der Waals surface area contributed by atoms with Crippen LogP contribution in [0.25, 0.3) is 0 Å². The molecular formula is C16H19ClN2S. The normalized spacial score (nSPS) is 11.7. The van der Waals surface area contributed by atoms with Crippen LogP contribution in [0.1, 0.15) is 31.9 Å². The van der Waals surface area contributed by atoms with Gasteiger partial charge in [-0.15, -0.1) is 0 Å². The highest BCUT2D eigenvalue weighted by Crippen LogP contribution is 2.34. The molecule has 0 fully saturated rings. The molecule has 1 aromatic heterocycles. The Morgan fingerprint density at radius 1 is 1.15 bits per heavy atom. The van der Waals surface area contributed by atoms with E-state index in [0.717, 1.165) is 15.5 Å². The minimum atomic E-state index is 0.165. The fourth-order valence-corrected chi connectivity index (χ4v) is 2.96. The van der Waals surface area contributed by atoms with Gasteiger partial charge in [0.2, 0.25) is 0 Å². The van der Waals surface area contributed by atoms with Crippen molar-refractivity contribution in [3.63, 3.8) is 0 Å². The SMILES string of the molecule is CC(C)(C)c1ccc(Sc2nccc(CN)c2Cl)cc1. The van der Waals surface area contributed by atoms with E-state index in [1.54, 1.807) is 18.0 Å². The first-order chi connectivity index (χ1) is 9.41. The summed E-state index contributed by atoms with van der Waals surface area (Å²) in [5.74, 6) is 0. The van der Waals surface area contributed by atoms with Gasteiger partial charge in [-0.05, 0) is 34.7 Å². The van der Waals surface area contributed by atoms with Crippen LogP contribution in [0, 0.1) is 0 Å². The van der Waals surface area contributed by atoms with Crippen LogP contribution in [0.5, 0.6) is 0 Å². The van der Waals surface area contributed by atoms with E-state index < -0.39 is 0 Å². The number of rotatable bonds is 3. The van der Waals surface area contributed by atoms with Crippen molar-refractivity contribution in [3.05, 3.63) is 52.7 Å². The molecule has 0 spiro atoms. The molecule has 0 amide bonds. The molecule has 1 aromatic carbocycles.